The van der Waals surface area contributed by atoms with E-state index >= 15 is 0 Å². The van der Waals surface area contributed by atoms with Crippen LogP contribution in [0.5, 0.6) is 0 Å². The third kappa shape index (κ3) is 2.35. The monoisotopic (exact) mass is 251 g/mol. The van der Waals surface area contributed by atoms with Gasteiger partial charge in [-0.05, 0) is 18.8 Å². The second-order valence-electron chi connectivity index (χ2n) is 4.93. The zero-order chi connectivity index (χ0) is 11.8. The molecule has 0 saturated heterocycles. The lowest BCUT2D eigenvalue weighted by molar-refractivity contribution is -0.119. The predicted molar refractivity (Wildman–Crippen MR) is 68.0 cm³/mol. The molecule has 2 aliphatic rings. The molecule has 0 aromatic carbocycles. The highest BCUT2D eigenvalue weighted by Gasteiger charge is 2.33. The van der Waals surface area contributed by atoms with E-state index in [0.717, 1.165) is 30.3 Å². The molecule has 1 aromatic rings. The highest BCUT2D eigenvalue weighted by Crippen LogP contribution is 2.37. The molecule has 1 atom stereocenters. The first-order chi connectivity index (χ1) is 8.24. The number of amides is 1. The normalized spacial score (nSPS) is 20.8. The number of aromatic nitrogens is 1. The minimum absolute atomic E-state index is 0.131. The van der Waals surface area contributed by atoms with Crippen LogP contribution in [0.2, 0.25) is 0 Å². The minimum atomic E-state index is 0.131. The number of hydrogen-bond donors (Lipinski definition) is 2. The number of nitrogens with zero attached hydrogens (tertiary/aromatic N) is 1. The van der Waals surface area contributed by atoms with Gasteiger partial charge in [-0.3, -0.25) is 4.79 Å². The number of carbonyl (C=O) groups is 1. The standard InChI is InChI=1S/C12H17N3OS/c1-7(8-2-3-8)11(16)15-12-14-9-4-5-13-6-10(9)17-12/h7-8,13H,2-6H2,1H3,(H,14,15,16). The van der Waals surface area contributed by atoms with Crippen LogP contribution < -0.4 is 10.6 Å². The van der Waals surface area contributed by atoms with Crippen LogP contribution in [0.25, 0.3) is 0 Å². The minimum Gasteiger partial charge on any atom is -0.311 e. The fourth-order valence-electron chi connectivity index (χ4n) is 2.21. The van der Waals surface area contributed by atoms with E-state index in [1.807, 2.05) is 6.92 Å². The van der Waals surface area contributed by atoms with Crippen LogP contribution in [0, 0.1) is 11.8 Å². The molecule has 1 amide bonds. The second-order valence-corrected chi connectivity index (χ2v) is 6.01. The van der Waals surface area contributed by atoms with Crippen LogP contribution in [-0.4, -0.2) is 17.4 Å². The Labute approximate surface area is 105 Å². The van der Waals surface area contributed by atoms with Crippen LogP contribution in [0.3, 0.4) is 0 Å². The maximum absolute atomic E-state index is 11.9. The highest BCUT2D eigenvalue weighted by atomic mass is 32.1. The third-order valence-electron chi connectivity index (χ3n) is 3.58. The van der Waals surface area contributed by atoms with E-state index in [-0.39, 0.29) is 11.8 Å². The van der Waals surface area contributed by atoms with Crippen molar-refractivity contribution in [2.45, 2.75) is 32.7 Å². The summed E-state index contributed by atoms with van der Waals surface area (Å²) in [5.41, 5.74) is 1.16. The summed E-state index contributed by atoms with van der Waals surface area (Å²) in [6, 6.07) is 0. The number of thiazole rings is 1. The molecule has 0 spiro atoms. The van der Waals surface area contributed by atoms with Gasteiger partial charge in [-0.25, -0.2) is 4.98 Å². The first-order valence-corrected chi connectivity index (χ1v) is 7.06. The summed E-state index contributed by atoms with van der Waals surface area (Å²) in [7, 11) is 0. The smallest absolute Gasteiger partial charge is 0.229 e. The van der Waals surface area contributed by atoms with Gasteiger partial charge in [-0.1, -0.05) is 6.92 Å². The highest BCUT2D eigenvalue weighted by molar-refractivity contribution is 7.15. The fourth-order valence-corrected chi connectivity index (χ4v) is 3.19. The maximum atomic E-state index is 11.9. The molecule has 1 fully saturated rings. The predicted octanol–water partition coefficient (Wildman–Crippen LogP) is 1.77. The van der Waals surface area contributed by atoms with E-state index in [4.69, 9.17) is 0 Å². The molecule has 0 radical (unpaired) electrons. The molecule has 1 unspecified atom stereocenters. The van der Waals surface area contributed by atoms with Crippen molar-refractivity contribution in [3.63, 3.8) is 0 Å². The molecule has 92 valence electrons. The van der Waals surface area contributed by atoms with E-state index in [1.54, 1.807) is 11.3 Å². The summed E-state index contributed by atoms with van der Waals surface area (Å²) >= 11 is 1.61. The second kappa shape index (κ2) is 4.38. The van der Waals surface area contributed by atoms with Crippen LogP contribution in [-0.2, 0) is 17.8 Å². The van der Waals surface area contributed by atoms with E-state index in [0.29, 0.717) is 5.92 Å². The van der Waals surface area contributed by atoms with Crippen molar-refractivity contribution in [3.05, 3.63) is 10.6 Å². The van der Waals surface area contributed by atoms with Crippen LogP contribution in [0.4, 0.5) is 5.13 Å². The maximum Gasteiger partial charge on any atom is 0.229 e. The fraction of sp³-hybridized carbons (Fsp3) is 0.667. The van der Waals surface area contributed by atoms with Crippen molar-refractivity contribution in [2.75, 3.05) is 11.9 Å². The molecule has 1 saturated carbocycles. The van der Waals surface area contributed by atoms with Gasteiger partial charge >= 0.3 is 0 Å². The summed E-state index contributed by atoms with van der Waals surface area (Å²) < 4.78 is 0. The van der Waals surface area contributed by atoms with E-state index in [2.05, 4.69) is 15.6 Å². The van der Waals surface area contributed by atoms with Crippen molar-refractivity contribution >= 4 is 22.4 Å². The summed E-state index contributed by atoms with van der Waals surface area (Å²) in [4.78, 5) is 17.7. The zero-order valence-corrected chi connectivity index (χ0v) is 10.8. The zero-order valence-electron chi connectivity index (χ0n) is 9.95. The largest absolute Gasteiger partial charge is 0.311 e. The Morgan fingerprint density at radius 1 is 1.59 bits per heavy atom. The Morgan fingerprint density at radius 3 is 3.12 bits per heavy atom. The Morgan fingerprint density at radius 2 is 2.41 bits per heavy atom. The van der Waals surface area contributed by atoms with Crippen LogP contribution >= 0.6 is 11.3 Å². The molecule has 2 heterocycles. The Bertz CT molecular complexity index is 415. The quantitative estimate of drug-likeness (QED) is 0.861. The number of anilines is 1. The third-order valence-corrected chi connectivity index (χ3v) is 4.59. The number of carbonyl (C=O) groups excluding carboxylic acids is 1. The topological polar surface area (TPSA) is 54.0 Å². The molecule has 17 heavy (non-hydrogen) atoms. The number of nitrogens with one attached hydrogen (secondary N) is 2. The number of fused-ring (bicyclic) bond motifs is 1. The molecule has 1 aromatic heterocycles. The Balaban J connectivity index is 1.67. The van der Waals surface area contributed by atoms with E-state index in [1.165, 1.54) is 17.7 Å². The average Bonchev–Trinajstić information content (AvgIpc) is 3.08. The van der Waals surface area contributed by atoms with Crippen molar-refractivity contribution in [1.82, 2.24) is 10.3 Å². The van der Waals surface area contributed by atoms with E-state index in [9.17, 15) is 4.79 Å². The molecule has 1 aliphatic heterocycles. The number of rotatable bonds is 3. The van der Waals surface area contributed by atoms with Crippen LogP contribution in [0.15, 0.2) is 0 Å². The Hall–Kier alpha value is -0.940. The van der Waals surface area contributed by atoms with Crippen LogP contribution in [0.1, 0.15) is 30.3 Å². The van der Waals surface area contributed by atoms with Gasteiger partial charge in [0, 0.05) is 30.3 Å². The van der Waals surface area contributed by atoms with Gasteiger partial charge in [-0.2, -0.15) is 0 Å². The molecule has 0 bridgehead atoms. The van der Waals surface area contributed by atoms with Gasteiger partial charge in [0.2, 0.25) is 5.91 Å². The molecule has 2 N–H and O–H groups in total. The average molecular weight is 251 g/mol. The molecular weight excluding hydrogens is 234 g/mol. The summed E-state index contributed by atoms with van der Waals surface area (Å²) in [5, 5.41) is 7.05. The van der Waals surface area contributed by atoms with Gasteiger partial charge in [-0.15, -0.1) is 11.3 Å². The van der Waals surface area contributed by atoms with Crippen molar-refractivity contribution in [2.24, 2.45) is 11.8 Å². The molecular formula is C12H17N3OS. The van der Waals surface area contributed by atoms with E-state index < -0.39 is 0 Å². The SMILES string of the molecule is CC(C(=O)Nc1nc2c(s1)CNCC2)C1CC1. The van der Waals surface area contributed by atoms with Crippen molar-refractivity contribution < 1.29 is 4.79 Å². The van der Waals surface area contributed by atoms with Gasteiger partial charge in [0.05, 0.1) is 5.69 Å². The Kier molecular flexibility index (Phi) is 2.88. The van der Waals surface area contributed by atoms with Gasteiger partial charge in [0.15, 0.2) is 5.13 Å². The van der Waals surface area contributed by atoms with Gasteiger partial charge in [0.25, 0.3) is 0 Å². The lowest BCUT2D eigenvalue weighted by Crippen LogP contribution is -2.22. The summed E-state index contributed by atoms with van der Waals surface area (Å²) in [5.74, 6) is 0.867. The van der Waals surface area contributed by atoms with Gasteiger partial charge in [0.1, 0.15) is 0 Å². The molecule has 1 aliphatic carbocycles. The summed E-state index contributed by atoms with van der Waals surface area (Å²) in [6.07, 6.45) is 3.37. The summed E-state index contributed by atoms with van der Waals surface area (Å²) in [6.45, 7) is 3.89. The number of hydrogen-bond acceptors (Lipinski definition) is 4. The first-order valence-electron chi connectivity index (χ1n) is 6.24. The molecule has 3 rings (SSSR count). The van der Waals surface area contributed by atoms with Crippen molar-refractivity contribution in [1.29, 1.82) is 0 Å². The van der Waals surface area contributed by atoms with Crippen molar-refractivity contribution in [3.8, 4) is 0 Å². The molecule has 5 heteroatoms. The van der Waals surface area contributed by atoms with Gasteiger partial charge < -0.3 is 10.6 Å². The lowest BCUT2D eigenvalue weighted by atomic mass is 10.1. The lowest BCUT2D eigenvalue weighted by Gasteiger charge is -2.09. The first kappa shape index (κ1) is 11.2. The molecule has 4 nitrogen and oxygen atoms in total.